The second kappa shape index (κ2) is 20.7. The van der Waals surface area contributed by atoms with E-state index < -0.39 is 8.30 Å². The molecule has 0 aromatic carbocycles. The minimum absolute atomic E-state index is 0.455. The molecular weight excluding hydrogens is 381 g/mol. The molecule has 1 atom stereocenters. The van der Waals surface area contributed by atoms with Crippen LogP contribution in [-0.4, -0.2) is 54.7 Å². The van der Waals surface area contributed by atoms with Crippen molar-refractivity contribution in [2.75, 3.05) is 31.4 Å². The van der Waals surface area contributed by atoms with Gasteiger partial charge >= 0.3 is 0 Å². The van der Waals surface area contributed by atoms with Gasteiger partial charge in [-0.3, -0.25) is 4.67 Å². The molecule has 0 aliphatic heterocycles. The van der Waals surface area contributed by atoms with Crippen LogP contribution in [0.2, 0.25) is 0 Å². The van der Waals surface area contributed by atoms with Crippen molar-refractivity contribution in [1.82, 2.24) is 4.67 Å². The molecule has 0 radical (unpaired) electrons. The van der Waals surface area contributed by atoms with Crippen molar-refractivity contribution in [3.8, 4) is 0 Å². The van der Waals surface area contributed by atoms with Crippen LogP contribution in [0.15, 0.2) is 0 Å². The molecule has 0 rings (SSSR count). The first-order valence-corrected chi connectivity index (χ1v) is 14.1. The highest BCUT2D eigenvalue weighted by Gasteiger charge is 2.20. The topological polar surface area (TPSA) is 32.7 Å². The second-order valence-electron chi connectivity index (χ2n) is 7.04. The Hall–Kier alpha value is 1.01. The fourth-order valence-electron chi connectivity index (χ4n) is 2.86. The van der Waals surface area contributed by atoms with Crippen molar-refractivity contribution in [3.63, 3.8) is 0 Å². The van der Waals surface area contributed by atoms with Gasteiger partial charge in [0.05, 0.1) is 6.61 Å². The fraction of sp³-hybridized carbons (Fsp3) is 1.00. The first kappa shape index (κ1) is 25.0. The molecule has 3 nitrogen and oxygen atoms in total. The zero-order valence-electron chi connectivity index (χ0n) is 20.2. The van der Waals surface area contributed by atoms with Crippen LogP contribution in [0.4, 0.5) is 0 Å². The molecule has 1 unspecified atom stereocenters. The number of nitrogens with zero attached hydrogens (tertiary/aromatic N) is 1. The van der Waals surface area contributed by atoms with Crippen LogP contribution in [0.3, 0.4) is 0 Å². The summed E-state index contributed by atoms with van der Waals surface area (Å²) >= 11 is 0. The van der Waals surface area contributed by atoms with Crippen LogP contribution in [0.1, 0.15) is 87.8 Å². The fourth-order valence-corrected chi connectivity index (χ4v) is 6.98. The van der Waals surface area contributed by atoms with Crippen LogP contribution in [0, 0.1) is 0 Å². The molecule has 26 heavy (non-hydrogen) atoms. The molecule has 0 fully saturated rings. The summed E-state index contributed by atoms with van der Waals surface area (Å²) in [6, 6.07) is 1.11. The van der Waals surface area contributed by atoms with E-state index in [4.69, 9.17) is 7.33 Å². The third-order valence-electron chi connectivity index (χ3n) is 3.99. The summed E-state index contributed by atoms with van der Waals surface area (Å²) in [6.07, 6.45) is 9.90. The molecule has 160 valence electrons. The minimum Gasteiger partial charge on any atom is -0.396 e. The lowest BCUT2D eigenvalue weighted by molar-refractivity contribution is 0.252. The van der Waals surface area contributed by atoms with E-state index in [0.29, 0.717) is 18.7 Å². The Morgan fingerprint density at radius 1 is 0.962 bits per heavy atom. The van der Waals surface area contributed by atoms with Crippen LogP contribution < -0.4 is 0 Å². The number of unbranched alkanes of at least 4 members (excludes halogenated alkanes) is 6. The standard InChI is InChI=1S/C19H42NO2PS2.CH4/c1-18(2)20(19(3)4)23(5)22-15-11-7-9-13-17-25-24-16-12-8-6-10-14-21;/h18-19,21H,6-17H2,1-5H3;1H4/i21D;1T. The highest BCUT2D eigenvalue weighted by Crippen LogP contribution is 2.41. The van der Waals surface area contributed by atoms with Crippen LogP contribution in [0.5, 0.6) is 0 Å². The quantitative estimate of drug-likeness (QED) is 0.133. The summed E-state index contributed by atoms with van der Waals surface area (Å²) in [7, 11) is 4.84. The van der Waals surface area contributed by atoms with Gasteiger partial charge in [-0.2, -0.15) is 0 Å². The smallest absolute Gasteiger partial charge is 0.210 e. The molecule has 0 saturated heterocycles. The Balaban J connectivity index is 0. The van der Waals surface area contributed by atoms with Crippen molar-refractivity contribution >= 4 is 29.9 Å². The van der Waals surface area contributed by atoms with Crippen LogP contribution in [0.25, 0.3) is 0 Å². The third-order valence-corrected chi connectivity index (χ3v) is 8.70. The Labute approximate surface area is 177 Å². The lowest BCUT2D eigenvalue weighted by Gasteiger charge is -2.35. The van der Waals surface area contributed by atoms with Gasteiger partial charge in [-0.25, -0.2) is 0 Å². The van der Waals surface area contributed by atoms with Crippen molar-refractivity contribution in [3.05, 3.63) is 0 Å². The summed E-state index contributed by atoms with van der Waals surface area (Å²) in [4.78, 5) is 0. The monoisotopic (exact) mass is 430 g/mol. The number of rotatable bonds is 19. The summed E-state index contributed by atoms with van der Waals surface area (Å²) in [5.41, 5.74) is 0. The maximum atomic E-state index is 6.62. The molecule has 0 aromatic rings. The molecule has 0 bridgehead atoms. The second-order valence-corrected chi connectivity index (χ2v) is 11.4. The van der Waals surface area contributed by atoms with Crippen molar-refractivity contribution in [1.29, 1.82) is 1.43 Å². The number of hydrogen-bond donors (Lipinski definition) is 1. The molecular formula is C20H46NO2PS2. The Morgan fingerprint density at radius 3 is 1.96 bits per heavy atom. The average molecular weight is 431 g/mol. The van der Waals surface area contributed by atoms with E-state index in [-0.39, 0.29) is 0 Å². The summed E-state index contributed by atoms with van der Waals surface area (Å²) in [6.45, 7) is 12.8. The molecule has 0 heterocycles. The van der Waals surface area contributed by atoms with Gasteiger partial charge in [0, 0.05) is 31.6 Å². The van der Waals surface area contributed by atoms with E-state index in [9.17, 15) is 0 Å². The predicted molar refractivity (Wildman–Crippen MR) is 127 cm³/mol. The van der Waals surface area contributed by atoms with E-state index in [0.717, 1.165) is 13.0 Å². The highest BCUT2D eigenvalue weighted by molar-refractivity contribution is 8.76. The van der Waals surface area contributed by atoms with Crippen LogP contribution >= 0.6 is 29.9 Å². The molecule has 1 N–H and O–H groups in total. The predicted octanol–water partition coefficient (Wildman–Crippen LogP) is 7.19. The van der Waals surface area contributed by atoms with Gasteiger partial charge in [0.1, 0.15) is 8.30 Å². The molecule has 0 aliphatic rings. The molecule has 6 heteroatoms. The number of aliphatic hydroxyl groups is 1. The van der Waals surface area contributed by atoms with E-state index in [1.807, 2.05) is 21.6 Å². The van der Waals surface area contributed by atoms with Crippen LogP contribution in [-0.2, 0) is 4.52 Å². The van der Waals surface area contributed by atoms with Gasteiger partial charge in [-0.05, 0) is 60.0 Å². The summed E-state index contributed by atoms with van der Waals surface area (Å²) in [5, 5.41) is 4.32. The zero-order chi connectivity index (χ0) is 21.6. The molecule has 0 spiro atoms. The number of aliphatic hydroxyl groups excluding tert-OH is 1. The zero-order valence-corrected chi connectivity index (χ0v) is 20.7. The van der Waals surface area contributed by atoms with E-state index in [2.05, 4.69) is 44.1 Å². The largest absolute Gasteiger partial charge is 0.396 e. The highest BCUT2D eigenvalue weighted by atomic mass is 33.1. The van der Waals surface area contributed by atoms with Gasteiger partial charge in [-0.1, -0.05) is 54.7 Å². The maximum absolute atomic E-state index is 6.62. The molecule has 0 aromatic heterocycles. The molecule has 0 amide bonds. The van der Waals surface area contributed by atoms with Crippen molar-refractivity contribution in [2.24, 2.45) is 0 Å². The Bertz CT molecular complexity index is 299. The van der Waals surface area contributed by atoms with Gasteiger partial charge in [0.2, 0.25) is 1.43 Å². The summed E-state index contributed by atoms with van der Waals surface area (Å²) in [5.74, 6) is 2.52. The van der Waals surface area contributed by atoms with E-state index in [1.54, 1.807) is 0 Å². The summed E-state index contributed by atoms with van der Waals surface area (Å²) < 4.78 is 21.0. The maximum Gasteiger partial charge on any atom is 0.210 e. The van der Waals surface area contributed by atoms with Crippen molar-refractivity contribution in [2.45, 2.75) is 98.5 Å². The van der Waals surface area contributed by atoms with Gasteiger partial charge in [0.25, 0.3) is 0 Å². The average Bonchev–Trinajstić information content (AvgIpc) is 2.66. The third kappa shape index (κ3) is 17.1. The molecule has 0 saturated carbocycles. The first-order chi connectivity index (χ1) is 13.5. The lowest BCUT2D eigenvalue weighted by atomic mass is 10.2. The molecule has 0 aliphatic carbocycles. The Morgan fingerprint density at radius 2 is 1.46 bits per heavy atom. The van der Waals surface area contributed by atoms with Gasteiger partial charge < -0.3 is 9.63 Å². The van der Waals surface area contributed by atoms with E-state index in [1.165, 1.54) is 63.9 Å². The van der Waals surface area contributed by atoms with Gasteiger partial charge in [0.15, 0.2) is 0 Å². The number of hydrogen-bond acceptors (Lipinski definition) is 5. The first-order valence-electron chi connectivity index (χ1n) is 11.4. The SMILES string of the molecule is [2H]OCCCCCCSSCCCCCCOP(C)N(C(C)C)C(C)C.[3H]C. The van der Waals surface area contributed by atoms with Crippen molar-refractivity contribution < 1.29 is 11.0 Å². The van der Waals surface area contributed by atoms with E-state index >= 15 is 0 Å². The minimum atomic E-state index is -0.455. The lowest BCUT2D eigenvalue weighted by Crippen LogP contribution is -2.32. The normalized spacial score (nSPS) is 13.6. The Kier molecular flexibility index (Phi) is 20.0. The van der Waals surface area contributed by atoms with Gasteiger partial charge in [-0.15, -0.1) is 0 Å².